The molecule has 2 aliphatic heterocycles. The first-order valence-electron chi connectivity index (χ1n) is 9.05. The van der Waals surface area contributed by atoms with E-state index in [1.165, 1.54) is 21.6 Å². The van der Waals surface area contributed by atoms with Gasteiger partial charge < -0.3 is 9.64 Å². The van der Waals surface area contributed by atoms with E-state index in [4.69, 9.17) is 17.0 Å². The Bertz CT molecular complexity index is 957. The molecule has 2 fully saturated rings. The molecule has 0 unspecified atom stereocenters. The quantitative estimate of drug-likeness (QED) is 0.480. The smallest absolute Gasteiger partial charge is 0.266 e. The number of nitrogens with zero attached hydrogens (tertiary/aromatic N) is 2. The molecule has 0 aliphatic carbocycles. The number of methoxy groups -OCH3 is 1. The number of hydrogen-bond acceptors (Lipinski definition) is 7. The molecule has 2 saturated heterocycles. The maximum absolute atomic E-state index is 12.7. The van der Waals surface area contributed by atoms with Crippen molar-refractivity contribution in [2.75, 3.05) is 32.2 Å². The summed E-state index contributed by atoms with van der Waals surface area (Å²) in [6.45, 7) is 0.174. The molecule has 1 atom stereocenters. The summed E-state index contributed by atoms with van der Waals surface area (Å²) in [6, 6.07) is 7.02. The van der Waals surface area contributed by atoms with Crippen LogP contribution in [-0.2, 0) is 19.4 Å². The highest BCUT2D eigenvalue weighted by Gasteiger charge is 2.35. The Morgan fingerprint density at radius 3 is 2.66 bits per heavy atom. The molecule has 2 heterocycles. The van der Waals surface area contributed by atoms with Gasteiger partial charge in [-0.25, -0.2) is 8.42 Å². The van der Waals surface area contributed by atoms with E-state index < -0.39 is 9.84 Å². The van der Waals surface area contributed by atoms with Crippen LogP contribution in [0.4, 0.5) is 0 Å². The largest absolute Gasteiger partial charge is 0.497 e. The number of carbonyl (C=O) groups excluding carboxylic acids is 2. The zero-order valence-corrected chi connectivity index (χ0v) is 18.6. The lowest BCUT2D eigenvalue weighted by Crippen LogP contribution is -2.40. The molecule has 2 aliphatic rings. The van der Waals surface area contributed by atoms with Gasteiger partial charge in [-0.1, -0.05) is 36.1 Å². The number of carbonyl (C=O) groups is 2. The van der Waals surface area contributed by atoms with Gasteiger partial charge in [0.25, 0.3) is 5.91 Å². The lowest BCUT2D eigenvalue weighted by atomic mass is 10.2. The van der Waals surface area contributed by atoms with Gasteiger partial charge in [0.15, 0.2) is 9.84 Å². The number of benzene rings is 1. The predicted molar refractivity (Wildman–Crippen MR) is 117 cm³/mol. The maximum atomic E-state index is 12.7. The third kappa shape index (κ3) is 5.18. The molecule has 10 heteroatoms. The minimum Gasteiger partial charge on any atom is -0.497 e. The van der Waals surface area contributed by atoms with Crippen LogP contribution in [0, 0.1) is 0 Å². The van der Waals surface area contributed by atoms with Crippen LogP contribution in [0.3, 0.4) is 0 Å². The molecule has 2 amide bonds. The Balaban J connectivity index is 1.59. The first-order valence-corrected chi connectivity index (χ1v) is 12.1. The number of thiocarbonyl (C=S) groups is 1. The van der Waals surface area contributed by atoms with Crippen LogP contribution in [0.25, 0.3) is 6.08 Å². The molecule has 156 valence electrons. The Labute approximate surface area is 180 Å². The second-order valence-corrected chi connectivity index (χ2v) is 10.8. The molecule has 3 rings (SSSR count). The fraction of sp³-hybridized carbons (Fsp3) is 0.421. The van der Waals surface area contributed by atoms with Gasteiger partial charge in [-0.3, -0.25) is 14.5 Å². The van der Waals surface area contributed by atoms with Crippen LogP contribution in [0.1, 0.15) is 18.4 Å². The molecule has 1 aromatic rings. The number of thioether (sulfide) groups is 1. The van der Waals surface area contributed by atoms with E-state index in [2.05, 4.69) is 0 Å². The van der Waals surface area contributed by atoms with E-state index in [0.29, 0.717) is 15.6 Å². The zero-order valence-electron chi connectivity index (χ0n) is 16.2. The van der Waals surface area contributed by atoms with Gasteiger partial charge in [-0.2, -0.15) is 0 Å². The number of rotatable bonds is 6. The third-order valence-electron chi connectivity index (χ3n) is 4.99. The monoisotopic (exact) mass is 454 g/mol. The Hall–Kier alpha value is -1.91. The Morgan fingerprint density at radius 2 is 2.07 bits per heavy atom. The molecule has 0 aromatic heterocycles. The lowest BCUT2D eigenvalue weighted by Gasteiger charge is -2.24. The van der Waals surface area contributed by atoms with Gasteiger partial charge in [0.1, 0.15) is 10.1 Å². The highest BCUT2D eigenvalue weighted by molar-refractivity contribution is 8.26. The van der Waals surface area contributed by atoms with Crippen molar-refractivity contribution in [1.82, 2.24) is 9.80 Å². The van der Waals surface area contributed by atoms with E-state index in [1.807, 2.05) is 24.3 Å². The minimum absolute atomic E-state index is 0.000889. The summed E-state index contributed by atoms with van der Waals surface area (Å²) in [5.41, 5.74) is 0.851. The average Bonchev–Trinajstić information content (AvgIpc) is 3.18. The van der Waals surface area contributed by atoms with Crippen molar-refractivity contribution in [3.05, 3.63) is 34.7 Å². The van der Waals surface area contributed by atoms with Crippen LogP contribution in [0.15, 0.2) is 29.2 Å². The fourth-order valence-corrected chi connectivity index (χ4v) is 6.30. The van der Waals surface area contributed by atoms with Gasteiger partial charge in [0, 0.05) is 26.1 Å². The minimum atomic E-state index is -3.06. The SMILES string of the molecule is COc1ccc(/C=C2\SC(=S)N(CCC(=O)N(C)[C@@H]3CCS(=O)(=O)C3)C2=O)cc1. The molecular weight excluding hydrogens is 432 g/mol. The van der Waals surface area contributed by atoms with E-state index in [0.717, 1.165) is 11.3 Å². The van der Waals surface area contributed by atoms with Crippen LogP contribution in [0.2, 0.25) is 0 Å². The van der Waals surface area contributed by atoms with Gasteiger partial charge in [0.2, 0.25) is 5.91 Å². The molecule has 0 saturated carbocycles. The Morgan fingerprint density at radius 1 is 1.38 bits per heavy atom. The number of sulfone groups is 1. The van der Waals surface area contributed by atoms with Crippen molar-refractivity contribution in [3.8, 4) is 5.75 Å². The van der Waals surface area contributed by atoms with Crippen molar-refractivity contribution < 1.29 is 22.7 Å². The summed E-state index contributed by atoms with van der Waals surface area (Å²) < 4.78 is 28.8. The molecular formula is C19H22N2O5S3. The first-order chi connectivity index (χ1) is 13.7. The van der Waals surface area contributed by atoms with Crippen molar-refractivity contribution in [2.24, 2.45) is 0 Å². The van der Waals surface area contributed by atoms with Crippen molar-refractivity contribution >= 4 is 56.0 Å². The van der Waals surface area contributed by atoms with E-state index in [9.17, 15) is 18.0 Å². The first kappa shape index (κ1) is 21.8. The third-order valence-corrected chi connectivity index (χ3v) is 8.11. The summed E-state index contributed by atoms with van der Waals surface area (Å²) in [7, 11) is 0.139. The van der Waals surface area contributed by atoms with Crippen LogP contribution in [-0.4, -0.2) is 72.6 Å². The lowest BCUT2D eigenvalue weighted by molar-refractivity contribution is -0.132. The standard InChI is InChI=1S/C19H22N2O5S3/c1-20(14-8-10-29(24,25)12-14)17(22)7-9-21-18(23)16(28-19(21)27)11-13-3-5-15(26-2)6-4-13/h3-6,11,14H,7-10,12H2,1-2H3/b16-11-/t14-/m1/s1. The van der Waals surface area contributed by atoms with Crippen molar-refractivity contribution in [2.45, 2.75) is 18.9 Å². The van der Waals surface area contributed by atoms with Crippen molar-refractivity contribution in [3.63, 3.8) is 0 Å². The fourth-order valence-electron chi connectivity index (χ4n) is 3.21. The van der Waals surface area contributed by atoms with E-state index in [1.54, 1.807) is 20.2 Å². The second-order valence-electron chi connectivity index (χ2n) is 6.92. The molecule has 0 bridgehead atoms. The van der Waals surface area contributed by atoms with Gasteiger partial charge in [0.05, 0.1) is 23.5 Å². The predicted octanol–water partition coefficient (Wildman–Crippen LogP) is 1.93. The maximum Gasteiger partial charge on any atom is 0.266 e. The molecule has 0 radical (unpaired) electrons. The highest BCUT2D eigenvalue weighted by Crippen LogP contribution is 2.33. The summed E-state index contributed by atoms with van der Waals surface area (Å²) in [5.74, 6) is 0.420. The summed E-state index contributed by atoms with van der Waals surface area (Å²) in [5, 5.41) is 0. The number of hydrogen-bond donors (Lipinski definition) is 0. The zero-order chi connectivity index (χ0) is 21.2. The topological polar surface area (TPSA) is 84.0 Å². The second kappa shape index (κ2) is 8.85. The van der Waals surface area contributed by atoms with Gasteiger partial charge in [-0.15, -0.1) is 0 Å². The molecule has 29 heavy (non-hydrogen) atoms. The molecule has 0 spiro atoms. The average molecular weight is 455 g/mol. The molecule has 7 nitrogen and oxygen atoms in total. The van der Waals surface area contributed by atoms with Crippen molar-refractivity contribution in [1.29, 1.82) is 0 Å². The Kier molecular flexibility index (Phi) is 6.65. The number of ether oxygens (including phenoxy) is 1. The van der Waals surface area contributed by atoms with E-state index >= 15 is 0 Å². The van der Waals surface area contributed by atoms with E-state index in [-0.39, 0.29) is 42.3 Å². The van der Waals surface area contributed by atoms with Gasteiger partial charge >= 0.3 is 0 Å². The summed E-state index contributed by atoms with van der Waals surface area (Å²) in [6.07, 6.45) is 2.31. The molecule has 1 aromatic carbocycles. The van der Waals surface area contributed by atoms with Crippen LogP contribution >= 0.6 is 24.0 Å². The highest BCUT2D eigenvalue weighted by atomic mass is 32.2. The number of amides is 2. The molecule has 0 N–H and O–H groups in total. The summed E-state index contributed by atoms with van der Waals surface area (Å²) in [4.78, 5) is 28.6. The summed E-state index contributed by atoms with van der Waals surface area (Å²) >= 11 is 6.51. The van der Waals surface area contributed by atoms with Crippen LogP contribution in [0.5, 0.6) is 5.75 Å². The van der Waals surface area contributed by atoms with Gasteiger partial charge in [-0.05, 0) is 30.2 Å². The normalized spacial score (nSPS) is 22.3. The van der Waals surface area contributed by atoms with Crippen LogP contribution < -0.4 is 4.74 Å².